The fourth-order valence-corrected chi connectivity index (χ4v) is 1.33. The number of carbonyl (C=O) groups is 1. The summed E-state index contributed by atoms with van der Waals surface area (Å²) in [7, 11) is 1.31. The van der Waals surface area contributed by atoms with Gasteiger partial charge in [0.15, 0.2) is 0 Å². The van der Waals surface area contributed by atoms with E-state index in [1.54, 1.807) is 12.1 Å². The highest BCUT2D eigenvalue weighted by atomic mass is 35.5. The molecule has 0 aliphatic heterocycles. The van der Waals surface area contributed by atoms with E-state index < -0.39 is 5.97 Å². The Hall–Kier alpha value is -1.26. The summed E-state index contributed by atoms with van der Waals surface area (Å²) < 4.78 is 9.96. The summed E-state index contributed by atoms with van der Waals surface area (Å²) in [6.45, 7) is 2.19. The number of hydrogen-bond donors (Lipinski definition) is 1. The van der Waals surface area contributed by atoms with Gasteiger partial charge >= 0.3 is 5.97 Å². The molecule has 2 N–H and O–H groups in total. The molecule has 0 aliphatic rings. The lowest BCUT2D eigenvalue weighted by atomic mass is 10.2. The van der Waals surface area contributed by atoms with Crippen molar-refractivity contribution in [3.8, 4) is 5.75 Å². The second-order valence-electron chi connectivity index (χ2n) is 3.46. The lowest BCUT2D eigenvalue weighted by Gasteiger charge is -2.10. The molecule has 0 saturated heterocycles. The standard InChI is InChI=1S/C11H14ClNO3/c1-7(13)6-16-10-4-8(11(14)15-2)3-9(12)5-10/h3-5,7H,6,13H2,1-2H3. The summed E-state index contributed by atoms with van der Waals surface area (Å²) in [5.41, 5.74) is 5.91. The molecule has 0 saturated carbocycles. The van der Waals surface area contributed by atoms with Gasteiger partial charge in [-0.1, -0.05) is 11.6 Å². The van der Waals surface area contributed by atoms with Crippen LogP contribution in [0.4, 0.5) is 0 Å². The summed E-state index contributed by atoms with van der Waals surface area (Å²) in [5.74, 6) is 0.0540. The number of ether oxygens (including phenoxy) is 2. The van der Waals surface area contributed by atoms with Crippen LogP contribution in [0.15, 0.2) is 18.2 Å². The molecule has 0 spiro atoms. The van der Waals surface area contributed by atoms with Crippen LogP contribution in [0.1, 0.15) is 17.3 Å². The van der Waals surface area contributed by atoms with Gasteiger partial charge in [0.05, 0.1) is 12.7 Å². The monoisotopic (exact) mass is 243 g/mol. The first kappa shape index (κ1) is 12.8. The van der Waals surface area contributed by atoms with Gasteiger partial charge in [0.1, 0.15) is 12.4 Å². The van der Waals surface area contributed by atoms with E-state index in [2.05, 4.69) is 4.74 Å². The second-order valence-corrected chi connectivity index (χ2v) is 3.89. The van der Waals surface area contributed by atoms with Crippen LogP contribution in [0.25, 0.3) is 0 Å². The van der Waals surface area contributed by atoms with Crippen molar-refractivity contribution in [2.75, 3.05) is 13.7 Å². The molecule has 1 rings (SSSR count). The van der Waals surface area contributed by atoms with E-state index in [0.717, 1.165) is 0 Å². The minimum atomic E-state index is -0.451. The first-order valence-electron chi connectivity index (χ1n) is 4.80. The minimum absolute atomic E-state index is 0.0828. The van der Waals surface area contributed by atoms with E-state index in [1.165, 1.54) is 13.2 Å². The molecule has 5 heteroatoms. The van der Waals surface area contributed by atoms with Crippen molar-refractivity contribution in [2.45, 2.75) is 13.0 Å². The van der Waals surface area contributed by atoms with Gasteiger partial charge in [0.25, 0.3) is 0 Å². The second kappa shape index (κ2) is 5.72. The topological polar surface area (TPSA) is 61.5 Å². The molecule has 0 radical (unpaired) electrons. The first-order chi connectivity index (χ1) is 7.52. The molecular formula is C11H14ClNO3. The van der Waals surface area contributed by atoms with E-state index in [1.807, 2.05) is 6.92 Å². The van der Waals surface area contributed by atoms with Gasteiger partial charge in [0, 0.05) is 11.1 Å². The van der Waals surface area contributed by atoms with Crippen LogP contribution in [0.2, 0.25) is 5.02 Å². The van der Waals surface area contributed by atoms with Crippen LogP contribution >= 0.6 is 11.6 Å². The van der Waals surface area contributed by atoms with Crippen LogP contribution in [-0.2, 0) is 4.74 Å². The van der Waals surface area contributed by atoms with Gasteiger partial charge in [-0.15, -0.1) is 0 Å². The Kier molecular flexibility index (Phi) is 4.58. The lowest BCUT2D eigenvalue weighted by Crippen LogP contribution is -2.23. The van der Waals surface area contributed by atoms with Gasteiger partial charge in [-0.3, -0.25) is 0 Å². The summed E-state index contributed by atoms with van der Waals surface area (Å²) in [6.07, 6.45) is 0. The van der Waals surface area contributed by atoms with Crippen LogP contribution in [0.3, 0.4) is 0 Å². The first-order valence-corrected chi connectivity index (χ1v) is 5.18. The molecule has 0 fully saturated rings. The van der Waals surface area contributed by atoms with E-state index in [9.17, 15) is 4.79 Å². The molecule has 0 aromatic heterocycles. The maximum atomic E-state index is 11.3. The molecule has 0 bridgehead atoms. The van der Waals surface area contributed by atoms with Crippen LogP contribution in [-0.4, -0.2) is 25.7 Å². The molecule has 88 valence electrons. The molecular weight excluding hydrogens is 230 g/mol. The number of nitrogens with two attached hydrogens (primary N) is 1. The highest BCUT2D eigenvalue weighted by Crippen LogP contribution is 2.21. The van der Waals surface area contributed by atoms with Crippen molar-refractivity contribution in [2.24, 2.45) is 5.73 Å². The van der Waals surface area contributed by atoms with Gasteiger partial charge < -0.3 is 15.2 Å². The Morgan fingerprint density at radius 1 is 1.50 bits per heavy atom. The van der Waals surface area contributed by atoms with Crippen molar-refractivity contribution < 1.29 is 14.3 Å². The van der Waals surface area contributed by atoms with Crippen molar-refractivity contribution in [3.05, 3.63) is 28.8 Å². The maximum Gasteiger partial charge on any atom is 0.338 e. The average molecular weight is 244 g/mol. The van der Waals surface area contributed by atoms with Gasteiger partial charge in [-0.05, 0) is 25.1 Å². The number of halogens is 1. The number of esters is 1. The molecule has 16 heavy (non-hydrogen) atoms. The number of benzene rings is 1. The Morgan fingerprint density at radius 2 is 2.19 bits per heavy atom. The average Bonchev–Trinajstić information content (AvgIpc) is 2.24. The molecule has 0 heterocycles. The van der Waals surface area contributed by atoms with E-state index in [-0.39, 0.29) is 6.04 Å². The number of rotatable bonds is 4. The third-order valence-corrected chi connectivity index (χ3v) is 2.02. The highest BCUT2D eigenvalue weighted by Gasteiger charge is 2.09. The van der Waals surface area contributed by atoms with Crippen LogP contribution in [0.5, 0.6) is 5.75 Å². The number of methoxy groups -OCH3 is 1. The zero-order valence-corrected chi connectivity index (χ0v) is 9.95. The third-order valence-electron chi connectivity index (χ3n) is 1.81. The highest BCUT2D eigenvalue weighted by molar-refractivity contribution is 6.31. The van der Waals surface area contributed by atoms with Crippen LogP contribution < -0.4 is 10.5 Å². The smallest absolute Gasteiger partial charge is 0.338 e. The molecule has 1 aromatic carbocycles. The molecule has 1 unspecified atom stereocenters. The lowest BCUT2D eigenvalue weighted by molar-refractivity contribution is 0.0600. The number of carbonyl (C=O) groups excluding carboxylic acids is 1. The van der Waals surface area contributed by atoms with Crippen molar-refractivity contribution in [3.63, 3.8) is 0 Å². The zero-order valence-electron chi connectivity index (χ0n) is 9.20. The van der Waals surface area contributed by atoms with E-state index in [4.69, 9.17) is 22.1 Å². The summed E-state index contributed by atoms with van der Waals surface area (Å²) in [5, 5.41) is 0.419. The SMILES string of the molecule is COC(=O)c1cc(Cl)cc(OCC(C)N)c1. The van der Waals surface area contributed by atoms with E-state index >= 15 is 0 Å². The van der Waals surface area contributed by atoms with Gasteiger partial charge in [0.2, 0.25) is 0 Å². The zero-order chi connectivity index (χ0) is 12.1. The van der Waals surface area contributed by atoms with Gasteiger partial charge in [-0.25, -0.2) is 4.79 Å². The molecule has 4 nitrogen and oxygen atoms in total. The summed E-state index contributed by atoms with van der Waals surface area (Å²) >= 11 is 5.85. The normalized spacial score (nSPS) is 12.0. The van der Waals surface area contributed by atoms with Crippen molar-refractivity contribution >= 4 is 17.6 Å². The summed E-state index contributed by atoms with van der Waals surface area (Å²) in [6, 6.07) is 4.63. The van der Waals surface area contributed by atoms with Crippen molar-refractivity contribution in [1.82, 2.24) is 0 Å². The largest absolute Gasteiger partial charge is 0.492 e. The minimum Gasteiger partial charge on any atom is -0.492 e. The van der Waals surface area contributed by atoms with Gasteiger partial charge in [-0.2, -0.15) is 0 Å². The maximum absolute atomic E-state index is 11.3. The Morgan fingerprint density at radius 3 is 2.75 bits per heavy atom. The van der Waals surface area contributed by atoms with Crippen LogP contribution in [0, 0.1) is 0 Å². The van der Waals surface area contributed by atoms with E-state index in [0.29, 0.717) is 22.9 Å². The molecule has 1 atom stereocenters. The molecule has 0 amide bonds. The predicted molar refractivity (Wildman–Crippen MR) is 61.9 cm³/mol. The quantitative estimate of drug-likeness (QED) is 0.820. The molecule has 0 aliphatic carbocycles. The Labute approximate surface area is 99.3 Å². The Balaban J connectivity index is 2.85. The fourth-order valence-electron chi connectivity index (χ4n) is 1.11. The fraction of sp³-hybridized carbons (Fsp3) is 0.364. The number of hydrogen-bond acceptors (Lipinski definition) is 4. The van der Waals surface area contributed by atoms with Crippen molar-refractivity contribution in [1.29, 1.82) is 0 Å². The molecule has 1 aromatic rings. The summed E-state index contributed by atoms with van der Waals surface area (Å²) in [4.78, 5) is 11.3. The third kappa shape index (κ3) is 3.72. The predicted octanol–water partition coefficient (Wildman–Crippen LogP) is 1.85. The Bertz CT molecular complexity index is 379.